The first-order valence-electron chi connectivity index (χ1n) is 8.22. The maximum atomic E-state index is 12.2. The molecule has 5 heteroatoms. The number of furan rings is 1. The van der Waals surface area contributed by atoms with E-state index in [4.69, 9.17) is 4.42 Å². The van der Waals surface area contributed by atoms with Crippen LogP contribution in [0.15, 0.2) is 56.8 Å². The monoisotopic (exact) mass is 338 g/mol. The summed E-state index contributed by atoms with van der Waals surface area (Å²) < 4.78 is 5.85. The number of carbonyl (C=O) groups is 1. The van der Waals surface area contributed by atoms with E-state index < -0.39 is 0 Å². The Morgan fingerprint density at radius 3 is 2.62 bits per heavy atom. The molecule has 1 amide bonds. The smallest absolute Gasteiger partial charge is 0.286 e. The molecular formula is C19H18N2O2S. The lowest BCUT2D eigenvalue weighted by atomic mass is 10.1. The van der Waals surface area contributed by atoms with Gasteiger partial charge in [0.2, 0.25) is 0 Å². The third-order valence-electron chi connectivity index (χ3n) is 4.19. The van der Waals surface area contributed by atoms with Crippen LogP contribution in [0.1, 0.15) is 25.0 Å². The molecule has 1 saturated heterocycles. The summed E-state index contributed by atoms with van der Waals surface area (Å²) in [5, 5.41) is 0.834. The van der Waals surface area contributed by atoms with Gasteiger partial charge in [0.05, 0.1) is 4.91 Å². The Hall–Kier alpha value is -2.27. The number of piperidine rings is 1. The minimum atomic E-state index is -0.168. The number of nitrogens with zero attached hydrogens (tertiary/aromatic N) is 2. The van der Waals surface area contributed by atoms with Gasteiger partial charge in [0, 0.05) is 24.7 Å². The van der Waals surface area contributed by atoms with E-state index in [0.29, 0.717) is 10.7 Å². The third-order valence-corrected chi connectivity index (χ3v) is 5.24. The number of benzene rings is 1. The highest BCUT2D eigenvalue weighted by molar-refractivity contribution is 8.18. The SMILES string of the molecule is O=C1N=C(N2CCCCC2)SC1=Cc1ccc(-c2ccccc2)o1. The highest BCUT2D eigenvalue weighted by atomic mass is 32.2. The van der Waals surface area contributed by atoms with E-state index in [0.717, 1.165) is 29.6 Å². The van der Waals surface area contributed by atoms with Crippen LogP contribution >= 0.6 is 11.8 Å². The Morgan fingerprint density at radius 2 is 1.83 bits per heavy atom. The standard InChI is InChI=1S/C19H18N2O2S/c22-18-17(24-19(20-18)21-11-5-2-6-12-21)13-15-9-10-16(23-15)14-7-3-1-4-8-14/h1,3-4,7-10,13H,2,5-6,11-12H2. The van der Waals surface area contributed by atoms with Crippen LogP contribution < -0.4 is 0 Å². The van der Waals surface area contributed by atoms with Crippen molar-refractivity contribution in [2.24, 2.45) is 4.99 Å². The molecule has 24 heavy (non-hydrogen) atoms. The molecule has 122 valence electrons. The van der Waals surface area contributed by atoms with Gasteiger partial charge in [-0.05, 0) is 43.2 Å². The lowest BCUT2D eigenvalue weighted by molar-refractivity contribution is -0.113. The Labute approximate surface area is 145 Å². The van der Waals surface area contributed by atoms with Crippen molar-refractivity contribution in [3.63, 3.8) is 0 Å². The Bertz CT molecular complexity index is 802. The van der Waals surface area contributed by atoms with Crippen molar-refractivity contribution in [3.05, 3.63) is 53.1 Å². The van der Waals surface area contributed by atoms with Crippen LogP contribution in [0.4, 0.5) is 0 Å². The number of rotatable bonds is 2. The van der Waals surface area contributed by atoms with Gasteiger partial charge in [0.1, 0.15) is 11.5 Å². The van der Waals surface area contributed by atoms with Gasteiger partial charge < -0.3 is 9.32 Å². The second-order valence-electron chi connectivity index (χ2n) is 5.93. The average molecular weight is 338 g/mol. The summed E-state index contributed by atoms with van der Waals surface area (Å²) in [7, 11) is 0. The molecule has 4 rings (SSSR count). The van der Waals surface area contributed by atoms with Gasteiger partial charge in [0.15, 0.2) is 5.17 Å². The molecule has 2 aliphatic rings. The first-order chi connectivity index (χ1) is 11.8. The summed E-state index contributed by atoms with van der Waals surface area (Å²) in [4.78, 5) is 19.2. The third kappa shape index (κ3) is 3.17. The van der Waals surface area contributed by atoms with Crippen LogP contribution in [-0.4, -0.2) is 29.1 Å². The molecule has 0 saturated carbocycles. The second-order valence-corrected chi connectivity index (χ2v) is 6.94. The predicted molar refractivity (Wildman–Crippen MR) is 97.6 cm³/mol. The van der Waals surface area contributed by atoms with Crippen molar-refractivity contribution in [1.82, 2.24) is 4.90 Å². The van der Waals surface area contributed by atoms with E-state index >= 15 is 0 Å². The topological polar surface area (TPSA) is 45.8 Å². The average Bonchev–Trinajstić information content (AvgIpc) is 3.24. The van der Waals surface area contributed by atoms with Crippen molar-refractivity contribution in [1.29, 1.82) is 0 Å². The molecule has 0 N–H and O–H groups in total. The summed E-state index contributed by atoms with van der Waals surface area (Å²) in [5.74, 6) is 1.31. The number of hydrogen-bond acceptors (Lipinski definition) is 4. The zero-order valence-electron chi connectivity index (χ0n) is 13.3. The molecule has 1 fully saturated rings. The molecule has 0 radical (unpaired) electrons. The number of thioether (sulfide) groups is 1. The number of amides is 1. The predicted octanol–water partition coefficient (Wildman–Crippen LogP) is 4.40. The van der Waals surface area contributed by atoms with E-state index in [1.165, 1.54) is 31.0 Å². The Kier molecular flexibility index (Phi) is 4.26. The summed E-state index contributed by atoms with van der Waals surface area (Å²) in [6, 6.07) is 13.8. The van der Waals surface area contributed by atoms with Crippen LogP contribution in [0.25, 0.3) is 17.4 Å². The van der Waals surface area contributed by atoms with Crippen LogP contribution in [-0.2, 0) is 4.79 Å². The van der Waals surface area contributed by atoms with Crippen molar-refractivity contribution in [2.45, 2.75) is 19.3 Å². The van der Waals surface area contributed by atoms with Crippen LogP contribution in [0.2, 0.25) is 0 Å². The van der Waals surface area contributed by atoms with Gasteiger partial charge in [-0.3, -0.25) is 4.79 Å². The van der Waals surface area contributed by atoms with Gasteiger partial charge in [-0.2, -0.15) is 4.99 Å². The first-order valence-corrected chi connectivity index (χ1v) is 9.04. The van der Waals surface area contributed by atoms with Gasteiger partial charge in [-0.1, -0.05) is 30.3 Å². The highest BCUT2D eigenvalue weighted by Crippen LogP contribution is 2.32. The molecule has 4 nitrogen and oxygen atoms in total. The summed E-state index contributed by atoms with van der Waals surface area (Å²) in [6.45, 7) is 1.98. The maximum absolute atomic E-state index is 12.2. The number of hydrogen-bond donors (Lipinski definition) is 0. The molecule has 1 aromatic carbocycles. The number of likely N-dealkylation sites (tertiary alicyclic amines) is 1. The first kappa shape index (κ1) is 15.3. The van der Waals surface area contributed by atoms with E-state index in [2.05, 4.69) is 9.89 Å². The van der Waals surface area contributed by atoms with E-state index in [-0.39, 0.29) is 5.91 Å². The molecule has 0 atom stereocenters. The summed E-state index contributed by atoms with van der Waals surface area (Å²) in [5.41, 5.74) is 1.03. The molecule has 2 aliphatic heterocycles. The zero-order chi connectivity index (χ0) is 16.4. The summed E-state index contributed by atoms with van der Waals surface area (Å²) in [6.07, 6.45) is 5.40. The lowest BCUT2D eigenvalue weighted by Crippen LogP contribution is -2.33. The minimum absolute atomic E-state index is 0.168. The molecule has 3 heterocycles. The highest BCUT2D eigenvalue weighted by Gasteiger charge is 2.27. The molecule has 2 aromatic rings. The minimum Gasteiger partial charge on any atom is -0.457 e. The molecule has 0 spiro atoms. The van der Waals surface area contributed by atoms with Crippen LogP contribution in [0.5, 0.6) is 0 Å². The van der Waals surface area contributed by atoms with E-state index in [1.807, 2.05) is 42.5 Å². The van der Waals surface area contributed by atoms with Crippen LogP contribution in [0.3, 0.4) is 0 Å². The zero-order valence-corrected chi connectivity index (χ0v) is 14.1. The summed E-state index contributed by atoms with van der Waals surface area (Å²) >= 11 is 1.45. The van der Waals surface area contributed by atoms with Gasteiger partial charge >= 0.3 is 0 Å². The Balaban J connectivity index is 1.50. The van der Waals surface area contributed by atoms with Crippen molar-refractivity contribution < 1.29 is 9.21 Å². The number of amidine groups is 1. The molecule has 0 bridgehead atoms. The fourth-order valence-electron chi connectivity index (χ4n) is 2.94. The van der Waals surface area contributed by atoms with E-state index in [9.17, 15) is 4.79 Å². The van der Waals surface area contributed by atoms with Gasteiger partial charge in [-0.15, -0.1) is 0 Å². The maximum Gasteiger partial charge on any atom is 0.286 e. The molecular weight excluding hydrogens is 320 g/mol. The van der Waals surface area contributed by atoms with Gasteiger partial charge in [-0.25, -0.2) is 0 Å². The molecule has 0 aliphatic carbocycles. The van der Waals surface area contributed by atoms with Crippen molar-refractivity contribution >= 4 is 28.9 Å². The number of aliphatic imine (C=N–C) groups is 1. The lowest BCUT2D eigenvalue weighted by Gasteiger charge is -2.27. The van der Waals surface area contributed by atoms with E-state index in [1.54, 1.807) is 6.08 Å². The van der Waals surface area contributed by atoms with Crippen molar-refractivity contribution in [3.8, 4) is 11.3 Å². The quantitative estimate of drug-likeness (QED) is 0.761. The largest absolute Gasteiger partial charge is 0.457 e. The molecule has 0 unspecified atom stereocenters. The fraction of sp³-hybridized carbons (Fsp3) is 0.263. The second kappa shape index (κ2) is 6.69. The van der Waals surface area contributed by atoms with Gasteiger partial charge in [0.25, 0.3) is 5.91 Å². The van der Waals surface area contributed by atoms with Crippen LogP contribution in [0, 0.1) is 0 Å². The normalized spacial score (nSPS) is 19.8. The Morgan fingerprint density at radius 1 is 1.04 bits per heavy atom. The molecule has 1 aromatic heterocycles. The fourth-order valence-corrected chi connectivity index (χ4v) is 3.88. The number of carbonyl (C=O) groups excluding carboxylic acids is 1. The van der Waals surface area contributed by atoms with Crippen molar-refractivity contribution in [2.75, 3.05) is 13.1 Å².